The zero-order chi connectivity index (χ0) is 13.8. The van der Waals surface area contributed by atoms with Crippen molar-refractivity contribution in [1.82, 2.24) is 10.2 Å². The summed E-state index contributed by atoms with van der Waals surface area (Å²) in [5, 5.41) is 8.01. The Morgan fingerprint density at radius 3 is 2.61 bits per heavy atom. The number of hydrogen-bond acceptors (Lipinski definition) is 6. The van der Waals surface area contributed by atoms with E-state index in [2.05, 4.69) is 14.9 Å². The van der Waals surface area contributed by atoms with Crippen LogP contribution in [0.5, 0.6) is 0 Å². The summed E-state index contributed by atoms with van der Waals surface area (Å²) < 4.78 is 10.2. The lowest BCUT2D eigenvalue weighted by Crippen LogP contribution is -2.14. The first-order valence-electron chi connectivity index (χ1n) is 5.83. The molecule has 0 saturated heterocycles. The maximum absolute atomic E-state index is 11.2. The second-order valence-electron chi connectivity index (χ2n) is 5.19. The molecule has 0 fully saturated rings. The molecule has 0 aromatic carbocycles. The highest BCUT2D eigenvalue weighted by Gasteiger charge is 2.21. The quantitative estimate of drug-likeness (QED) is 0.767. The zero-order valence-electron chi connectivity index (χ0n) is 11.5. The van der Waals surface area contributed by atoms with Gasteiger partial charge in [-0.3, -0.25) is 4.79 Å². The van der Waals surface area contributed by atoms with Gasteiger partial charge in [-0.1, -0.05) is 27.7 Å². The number of esters is 1. The Bertz CT molecular complexity index is 398. The van der Waals surface area contributed by atoms with Gasteiger partial charge in [0, 0.05) is 11.2 Å². The van der Waals surface area contributed by atoms with Crippen molar-refractivity contribution in [2.45, 2.75) is 38.9 Å². The van der Waals surface area contributed by atoms with Crippen LogP contribution in [0.25, 0.3) is 0 Å². The molecule has 1 unspecified atom stereocenters. The molecule has 0 radical (unpaired) electrons. The van der Waals surface area contributed by atoms with Crippen LogP contribution < -0.4 is 0 Å². The van der Waals surface area contributed by atoms with E-state index in [4.69, 9.17) is 4.42 Å². The monoisotopic (exact) mass is 272 g/mol. The third-order valence-electron chi connectivity index (χ3n) is 2.31. The summed E-state index contributed by atoms with van der Waals surface area (Å²) in [7, 11) is 1.40. The van der Waals surface area contributed by atoms with Crippen molar-refractivity contribution in [2.75, 3.05) is 12.9 Å². The number of nitrogens with zero attached hydrogens (tertiary/aromatic N) is 2. The van der Waals surface area contributed by atoms with Gasteiger partial charge in [-0.25, -0.2) is 0 Å². The predicted octanol–water partition coefficient (Wildman–Crippen LogP) is 2.41. The molecule has 18 heavy (non-hydrogen) atoms. The molecule has 5 nitrogen and oxygen atoms in total. The predicted molar refractivity (Wildman–Crippen MR) is 70.3 cm³/mol. The number of carbonyl (C=O) groups excluding carboxylic acids is 1. The van der Waals surface area contributed by atoms with Crippen LogP contribution in [-0.4, -0.2) is 29.0 Å². The number of hydrogen-bond donors (Lipinski definition) is 0. The van der Waals surface area contributed by atoms with Crippen molar-refractivity contribution >= 4 is 17.7 Å². The van der Waals surface area contributed by atoms with Crippen LogP contribution in [0.2, 0.25) is 0 Å². The Balaban J connectivity index is 2.41. The number of aromatic nitrogens is 2. The van der Waals surface area contributed by atoms with Gasteiger partial charge in [0.1, 0.15) is 0 Å². The van der Waals surface area contributed by atoms with Crippen LogP contribution in [0, 0.1) is 5.92 Å². The van der Waals surface area contributed by atoms with Gasteiger partial charge in [0.2, 0.25) is 11.8 Å². The lowest BCUT2D eigenvalue weighted by molar-refractivity contribution is -0.143. The Labute approximate surface area is 112 Å². The van der Waals surface area contributed by atoms with E-state index in [1.54, 1.807) is 11.8 Å². The van der Waals surface area contributed by atoms with Gasteiger partial charge >= 0.3 is 5.97 Å². The summed E-state index contributed by atoms with van der Waals surface area (Å²) >= 11 is 1.59. The van der Waals surface area contributed by atoms with Crippen LogP contribution in [0.3, 0.4) is 0 Å². The van der Waals surface area contributed by atoms with E-state index in [-0.39, 0.29) is 17.3 Å². The molecule has 0 aliphatic carbocycles. The molecule has 1 aromatic heterocycles. The Kier molecular flexibility index (Phi) is 5.19. The van der Waals surface area contributed by atoms with Crippen LogP contribution in [-0.2, 0) is 20.7 Å². The van der Waals surface area contributed by atoms with Gasteiger partial charge < -0.3 is 9.15 Å². The number of carbonyl (C=O) groups is 1. The van der Waals surface area contributed by atoms with Crippen molar-refractivity contribution in [3.05, 3.63) is 11.8 Å². The Morgan fingerprint density at radius 1 is 1.44 bits per heavy atom. The topological polar surface area (TPSA) is 65.2 Å². The van der Waals surface area contributed by atoms with Gasteiger partial charge in [-0.15, -0.1) is 10.2 Å². The van der Waals surface area contributed by atoms with Crippen LogP contribution in [0.1, 0.15) is 39.5 Å². The molecule has 0 spiro atoms. The molecule has 1 aromatic rings. The van der Waals surface area contributed by atoms with Crippen molar-refractivity contribution in [1.29, 1.82) is 0 Å². The van der Waals surface area contributed by atoms with E-state index in [1.165, 1.54) is 7.11 Å². The fraction of sp³-hybridized carbons (Fsp3) is 0.750. The number of methoxy groups -OCH3 is 1. The molecule has 0 bridgehead atoms. The number of rotatable bonds is 5. The van der Waals surface area contributed by atoms with Crippen molar-refractivity contribution in [3.63, 3.8) is 0 Å². The third kappa shape index (κ3) is 4.33. The molecular formula is C12H20N2O3S. The molecule has 6 heteroatoms. The molecule has 0 aliphatic rings. The van der Waals surface area contributed by atoms with Crippen molar-refractivity contribution < 1.29 is 13.9 Å². The minimum absolute atomic E-state index is 0.120. The van der Waals surface area contributed by atoms with Gasteiger partial charge in [0.25, 0.3) is 0 Å². The lowest BCUT2D eigenvalue weighted by Gasteiger charge is -2.11. The lowest BCUT2D eigenvalue weighted by atomic mass is 9.97. The molecule has 0 N–H and O–H groups in total. The summed E-state index contributed by atoms with van der Waals surface area (Å²) in [6.45, 7) is 7.91. The number of thioether (sulfide) groups is 1. The first-order valence-corrected chi connectivity index (χ1v) is 6.98. The van der Waals surface area contributed by atoms with E-state index in [0.717, 1.165) is 0 Å². The summed E-state index contributed by atoms with van der Waals surface area (Å²) in [4.78, 5) is 11.2. The first kappa shape index (κ1) is 15.0. The molecule has 1 atom stereocenters. The van der Waals surface area contributed by atoms with Crippen molar-refractivity contribution in [3.8, 4) is 0 Å². The van der Waals surface area contributed by atoms with Gasteiger partial charge in [-0.2, -0.15) is 11.8 Å². The molecule has 0 aliphatic heterocycles. The fourth-order valence-corrected chi connectivity index (χ4v) is 2.11. The Hall–Kier alpha value is -1.04. The van der Waals surface area contributed by atoms with Crippen LogP contribution >= 0.6 is 11.8 Å². The van der Waals surface area contributed by atoms with Gasteiger partial charge in [-0.05, 0) is 0 Å². The fourth-order valence-electron chi connectivity index (χ4n) is 1.21. The Morgan fingerprint density at radius 2 is 2.11 bits per heavy atom. The SMILES string of the molecule is COC(=O)C(C)CSCc1nnc(C(C)(C)C)o1. The molecule has 0 saturated carbocycles. The van der Waals surface area contributed by atoms with E-state index >= 15 is 0 Å². The summed E-state index contributed by atoms with van der Waals surface area (Å²) in [5.41, 5.74) is -0.130. The highest BCUT2D eigenvalue weighted by molar-refractivity contribution is 7.98. The van der Waals surface area contributed by atoms with Crippen LogP contribution in [0.15, 0.2) is 4.42 Å². The zero-order valence-corrected chi connectivity index (χ0v) is 12.3. The van der Waals surface area contributed by atoms with E-state index in [0.29, 0.717) is 23.3 Å². The molecule has 1 rings (SSSR count). The van der Waals surface area contributed by atoms with E-state index < -0.39 is 0 Å². The standard InChI is InChI=1S/C12H20N2O3S/c1-8(10(15)16-5)6-18-7-9-13-14-11(17-9)12(2,3)4/h8H,6-7H2,1-5H3. The maximum Gasteiger partial charge on any atom is 0.309 e. The third-order valence-corrected chi connectivity index (χ3v) is 3.49. The first-order chi connectivity index (χ1) is 8.34. The van der Waals surface area contributed by atoms with Gasteiger partial charge in [0.05, 0.1) is 18.8 Å². The van der Waals surface area contributed by atoms with Crippen LogP contribution in [0.4, 0.5) is 0 Å². The molecule has 0 amide bonds. The largest absolute Gasteiger partial charge is 0.469 e. The smallest absolute Gasteiger partial charge is 0.309 e. The molecule has 102 valence electrons. The highest BCUT2D eigenvalue weighted by Crippen LogP contribution is 2.22. The normalized spacial score (nSPS) is 13.4. The second kappa shape index (κ2) is 6.22. The average molecular weight is 272 g/mol. The minimum atomic E-state index is -0.191. The summed E-state index contributed by atoms with van der Waals surface area (Å²) in [6, 6.07) is 0. The maximum atomic E-state index is 11.2. The van der Waals surface area contributed by atoms with E-state index in [1.807, 2.05) is 27.7 Å². The molecular weight excluding hydrogens is 252 g/mol. The second-order valence-corrected chi connectivity index (χ2v) is 6.22. The minimum Gasteiger partial charge on any atom is -0.469 e. The van der Waals surface area contributed by atoms with Gasteiger partial charge in [0.15, 0.2) is 0 Å². The number of ether oxygens (including phenoxy) is 1. The van der Waals surface area contributed by atoms with E-state index in [9.17, 15) is 4.79 Å². The summed E-state index contributed by atoms with van der Waals surface area (Å²) in [6.07, 6.45) is 0. The molecule has 1 heterocycles. The summed E-state index contributed by atoms with van der Waals surface area (Å²) in [5.74, 6) is 2.22. The van der Waals surface area contributed by atoms with Crippen molar-refractivity contribution in [2.24, 2.45) is 5.92 Å². The highest BCUT2D eigenvalue weighted by atomic mass is 32.2. The average Bonchev–Trinajstić information content (AvgIpc) is 2.76.